The third-order valence-electron chi connectivity index (χ3n) is 8.70. The highest BCUT2D eigenvalue weighted by Crippen LogP contribution is 2.39. The zero-order chi connectivity index (χ0) is 32.3. The SMILES string of the molecule is Cc1ccc(N=C(C=C(N)C(C)(C)C)NC(=O)N[C@H]2CC[C@H](Oc3ccc4nnc(N5CCCCC5)n4c3)c3ccccc32)cc1. The molecule has 4 aromatic rings. The highest BCUT2D eigenvalue weighted by Gasteiger charge is 2.30. The number of nitrogens with two attached hydrogens (primary N) is 1. The van der Waals surface area contributed by atoms with Gasteiger partial charge in [0.25, 0.3) is 0 Å². The van der Waals surface area contributed by atoms with Gasteiger partial charge >= 0.3 is 6.03 Å². The van der Waals surface area contributed by atoms with E-state index < -0.39 is 0 Å². The second kappa shape index (κ2) is 13.2. The Balaban J connectivity index is 1.18. The number of hydrogen-bond acceptors (Lipinski definition) is 7. The molecule has 6 rings (SSSR count). The van der Waals surface area contributed by atoms with Crippen LogP contribution < -0.4 is 26.0 Å². The van der Waals surface area contributed by atoms with Gasteiger partial charge in [-0.2, -0.15) is 0 Å². The summed E-state index contributed by atoms with van der Waals surface area (Å²) in [5.41, 5.74) is 11.5. The predicted octanol–water partition coefficient (Wildman–Crippen LogP) is 6.90. The van der Waals surface area contributed by atoms with Crippen LogP contribution >= 0.6 is 0 Å². The minimum absolute atomic E-state index is 0.155. The molecule has 10 nitrogen and oxygen atoms in total. The molecule has 4 N–H and O–H groups in total. The van der Waals surface area contributed by atoms with Gasteiger partial charge in [-0.1, -0.05) is 62.7 Å². The Morgan fingerprint density at radius 1 is 0.978 bits per heavy atom. The molecule has 2 atom stereocenters. The standard InChI is InChI=1S/C36H44N8O2/c1-24-12-14-25(15-13-24)38-32(22-31(37)36(2,3)4)40-34(45)39-29-17-18-30(28-11-7-6-10-27(28)29)46-26-16-19-33-41-42-35(44(33)23-26)43-20-8-5-9-21-43/h6-7,10-16,19,22-23,29-30H,5,8-9,17-18,20-21,37H2,1-4H3,(H2,38,39,40,45)/t29-,30-/m0/s1. The van der Waals surface area contributed by atoms with E-state index in [0.29, 0.717) is 18.0 Å². The van der Waals surface area contributed by atoms with Gasteiger partial charge in [0.15, 0.2) is 5.65 Å². The first-order valence-electron chi connectivity index (χ1n) is 16.2. The molecule has 1 fully saturated rings. The quantitative estimate of drug-likeness (QED) is 0.159. The summed E-state index contributed by atoms with van der Waals surface area (Å²) >= 11 is 0. The molecule has 1 saturated heterocycles. The van der Waals surface area contributed by atoms with Crippen LogP contribution in [0, 0.1) is 12.3 Å². The van der Waals surface area contributed by atoms with Gasteiger partial charge in [0.05, 0.1) is 17.9 Å². The Kier molecular flexibility index (Phi) is 8.96. The second-order valence-electron chi connectivity index (χ2n) is 13.3. The minimum atomic E-state index is -0.341. The number of allylic oxidation sites excluding steroid dienone is 1. The lowest BCUT2D eigenvalue weighted by atomic mass is 9.85. The van der Waals surface area contributed by atoms with Crippen molar-refractivity contribution in [3.8, 4) is 5.75 Å². The third-order valence-corrected chi connectivity index (χ3v) is 8.70. The van der Waals surface area contributed by atoms with E-state index in [1.807, 2.05) is 86.8 Å². The molecule has 1 aliphatic carbocycles. The van der Waals surface area contributed by atoms with Crippen LogP contribution in [0.15, 0.2) is 83.6 Å². The number of nitrogens with one attached hydrogen (secondary N) is 2. The molecule has 0 saturated carbocycles. The van der Waals surface area contributed by atoms with E-state index in [1.54, 1.807) is 6.08 Å². The van der Waals surface area contributed by atoms with Crippen molar-refractivity contribution in [2.45, 2.75) is 71.9 Å². The molecule has 0 unspecified atom stereocenters. The average molecular weight is 621 g/mol. The molecular weight excluding hydrogens is 576 g/mol. The monoisotopic (exact) mass is 620 g/mol. The van der Waals surface area contributed by atoms with Crippen molar-refractivity contribution in [2.75, 3.05) is 18.0 Å². The van der Waals surface area contributed by atoms with Crippen LogP contribution in [0.25, 0.3) is 5.65 Å². The summed E-state index contributed by atoms with van der Waals surface area (Å²) < 4.78 is 8.63. The number of amides is 2. The summed E-state index contributed by atoms with van der Waals surface area (Å²) in [6.45, 7) is 10.1. The number of piperidine rings is 1. The lowest BCUT2D eigenvalue weighted by Gasteiger charge is -2.32. The molecule has 10 heteroatoms. The lowest BCUT2D eigenvalue weighted by Crippen LogP contribution is -2.42. The molecule has 2 aromatic carbocycles. The minimum Gasteiger partial charge on any atom is -0.484 e. The summed E-state index contributed by atoms with van der Waals surface area (Å²) in [4.78, 5) is 20.4. The number of carbonyl (C=O) groups is 1. The molecule has 0 bridgehead atoms. The number of ether oxygens (including phenoxy) is 1. The first-order chi connectivity index (χ1) is 22.1. The predicted molar refractivity (Wildman–Crippen MR) is 183 cm³/mol. The largest absolute Gasteiger partial charge is 0.484 e. The number of amidine groups is 1. The van der Waals surface area contributed by atoms with Crippen molar-refractivity contribution in [2.24, 2.45) is 16.1 Å². The van der Waals surface area contributed by atoms with E-state index in [0.717, 1.165) is 59.2 Å². The molecule has 0 radical (unpaired) electrons. The first-order valence-corrected chi connectivity index (χ1v) is 16.2. The fraction of sp³-hybridized carbons (Fsp3) is 0.389. The zero-order valence-electron chi connectivity index (χ0n) is 27.2. The Hall–Kier alpha value is -4.86. The molecule has 0 spiro atoms. The van der Waals surface area contributed by atoms with Gasteiger partial charge in [-0.3, -0.25) is 9.72 Å². The van der Waals surface area contributed by atoms with Crippen molar-refractivity contribution >= 4 is 29.1 Å². The van der Waals surface area contributed by atoms with Gasteiger partial charge in [0, 0.05) is 30.3 Å². The number of aryl methyl sites for hydroxylation is 1. The Bertz CT molecular complexity index is 1750. The number of fused-ring (bicyclic) bond motifs is 2. The van der Waals surface area contributed by atoms with E-state index in [4.69, 9.17) is 15.5 Å². The maximum atomic E-state index is 13.4. The Labute approximate surface area is 270 Å². The summed E-state index contributed by atoms with van der Waals surface area (Å²) in [5.74, 6) is 2.01. The van der Waals surface area contributed by atoms with Gasteiger partial charge in [-0.25, -0.2) is 9.79 Å². The van der Waals surface area contributed by atoms with Crippen LogP contribution in [0.2, 0.25) is 0 Å². The smallest absolute Gasteiger partial charge is 0.320 e. The summed E-state index contributed by atoms with van der Waals surface area (Å²) in [5, 5.41) is 15.0. The van der Waals surface area contributed by atoms with E-state index in [-0.39, 0.29) is 23.6 Å². The maximum absolute atomic E-state index is 13.4. The number of urea groups is 1. The van der Waals surface area contributed by atoms with Gasteiger partial charge in [0.2, 0.25) is 5.95 Å². The maximum Gasteiger partial charge on any atom is 0.320 e. The fourth-order valence-electron chi connectivity index (χ4n) is 5.95. The lowest BCUT2D eigenvalue weighted by molar-refractivity contribution is 0.171. The molecule has 2 aliphatic rings. The Morgan fingerprint density at radius 2 is 1.72 bits per heavy atom. The van der Waals surface area contributed by atoms with Crippen LogP contribution in [-0.2, 0) is 0 Å². The Morgan fingerprint density at radius 3 is 2.46 bits per heavy atom. The number of anilines is 1. The number of rotatable bonds is 6. The van der Waals surface area contributed by atoms with Gasteiger partial charge in [-0.15, -0.1) is 10.2 Å². The van der Waals surface area contributed by atoms with Crippen LogP contribution in [0.1, 0.15) is 81.7 Å². The number of aromatic nitrogens is 3. The van der Waals surface area contributed by atoms with Crippen LogP contribution in [0.5, 0.6) is 5.75 Å². The molecule has 3 heterocycles. The summed E-state index contributed by atoms with van der Waals surface area (Å²) in [6, 6.07) is 19.4. The topological polar surface area (TPSA) is 122 Å². The highest BCUT2D eigenvalue weighted by molar-refractivity contribution is 6.05. The van der Waals surface area contributed by atoms with Crippen LogP contribution in [0.4, 0.5) is 16.4 Å². The van der Waals surface area contributed by atoms with Crippen molar-refractivity contribution in [3.63, 3.8) is 0 Å². The molecule has 240 valence electrons. The second-order valence-corrected chi connectivity index (χ2v) is 13.3. The van der Waals surface area contributed by atoms with Gasteiger partial charge < -0.3 is 20.7 Å². The molecule has 46 heavy (non-hydrogen) atoms. The normalized spacial score (nSPS) is 19.1. The van der Waals surface area contributed by atoms with Gasteiger partial charge in [0.1, 0.15) is 17.7 Å². The third kappa shape index (κ3) is 7.17. The summed E-state index contributed by atoms with van der Waals surface area (Å²) in [7, 11) is 0. The number of aliphatic imine (C=N–C) groups is 1. The van der Waals surface area contributed by atoms with Crippen molar-refractivity contribution in [1.82, 2.24) is 25.2 Å². The van der Waals surface area contributed by atoms with Crippen molar-refractivity contribution < 1.29 is 9.53 Å². The van der Waals surface area contributed by atoms with Gasteiger partial charge in [-0.05, 0) is 74.4 Å². The van der Waals surface area contributed by atoms with E-state index in [9.17, 15) is 4.79 Å². The van der Waals surface area contributed by atoms with E-state index in [2.05, 4.69) is 37.9 Å². The number of nitrogens with zero attached hydrogens (tertiary/aromatic N) is 5. The van der Waals surface area contributed by atoms with E-state index in [1.165, 1.54) is 19.3 Å². The molecule has 2 amide bonds. The fourth-order valence-corrected chi connectivity index (χ4v) is 5.95. The molecule has 1 aliphatic heterocycles. The molecule has 2 aromatic heterocycles. The van der Waals surface area contributed by atoms with Crippen LogP contribution in [-0.4, -0.2) is 39.6 Å². The van der Waals surface area contributed by atoms with Crippen molar-refractivity contribution in [1.29, 1.82) is 0 Å². The van der Waals surface area contributed by atoms with Crippen molar-refractivity contribution in [3.05, 3.63) is 95.3 Å². The highest BCUT2D eigenvalue weighted by atomic mass is 16.5. The molecular formula is C36H44N8O2. The van der Waals surface area contributed by atoms with Crippen LogP contribution in [0.3, 0.4) is 0 Å². The number of carbonyl (C=O) groups excluding carboxylic acids is 1. The average Bonchev–Trinajstić information content (AvgIpc) is 3.46. The number of hydrogen-bond donors (Lipinski definition) is 3. The first kappa shape index (κ1) is 31.1. The van der Waals surface area contributed by atoms with E-state index >= 15 is 0 Å². The number of benzene rings is 2. The summed E-state index contributed by atoms with van der Waals surface area (Å²) in [6.07, 6.45) is 8.62. The zero-order valence-corrected chi connectivity index (χ0v) is 27.2. The number of pyridine rings is 1.